The van der Waals surface area contributed by atoms with Gasteiger partial charge in [-0.2, -0.15) is 0 Å². The number of aliphatic hydroxyl groups is 1. The lowest BCUT2D eigenvalue weighted by Crippen LogP contribution is -2.52. The van der Waals surface area contributed by atoms with Crippen LogP contribution < -0.4 is 10.0 Å². The maximum absolute atomic E-state index is 13.0. The third-order valence-electron chi connectivity index (χ3n) is 9.22. The Labute approximate surface area is 217 Å². The van der Waals surface area contributed by atoms with E-state index in [1.807, 2.05) is 12.1 Å². The SMILES string of the molecule is CC(=O)Nc1ccc(S(=O)(=O)NC(=O)C[C@]2(O)CC[C@H]3[C@@H]4CCc5cc(O)ccc5[C@H]4CC[C@@]32C)cc1. The Morgan fingerprint density at radius 2 is 1.78 bits per heavy atom. The maximum atomic E-state index is 13.0. The molecule has 4 N–H and O–H groups in total. The molecule has 3 aliphatic carbocycles. The first-order chi connectivity index (χ1) is 17.4. The van der Waals surface area contributed by atoms with Crippen LogP contribution in [0.4, 0.5) is 5.69 Å². The summed E-state index contributed by atoms with van der Waals surface area (Å²) in [6.45, 7) is 3.42. The zero-order valence-corrected chi connectivity index (χ0v) is 22.0. The number of anilines is 1. The van der Waals surface area contributed by atoms with Crippen LogP contribution in [0.3, 0.4) is 0 Å². The van der Waals surface area contributed by atoms with E-state index in [1.165, 1.54) is 42.3 Å². The molecule has 0 spiro atoms. The molecular formula is C28H34N2O6S. The third-order valence-corrected chi connectivity index (χ3v) is 10.6. The Morgan fingerprint density at radius 3 is 2.49 bits per heavy atom. The first kappa shape index (κ1) is 25.7. The summed E-state index contributed by atoms with van der Waals surface area (Å²) in [6.07, 6.45) is 4.48. The van der Waals surface area contributed by atoms with Gasteiger partial charge in [0.05, 0.1) is 16.9 Å². The molecule has 5 rings (SSSR count). The van der Waals surface area contributed by atoms with Gasteiger partial charge in [0.15, 0.2) is 0 Å². The van der Waals surface area contributed by atoms with Crippen molar-refractivity contribution in [1.82, 2.24) is 4.72 Å². The van der Waals surface area contributed by atoms with Crippen LogP contribution in [0.15, 0.2) is 47.4 Å². The van der Waals surface area contributed by atoms with Gasteiger partial charge < -0.3 is 15.5 Å². The largest absolute Gasteiger partial charge is 0.508 e. The molecule has 0 unspecified atom stereocenters. The zero-order chi connectivity index (χ0) is 26.6. The highest BCUT2D eigenvalue weighted by Crippen LogP contribution is 2.65. The molecule has 8 nitrogen and oxygen atoms in total. The molecule has 3 aliphatic rings. The summed E-state index contributed by atoms with van der Waals surface area (Å²) in [4.78, 5) is 24.1. The van der Waals surface area contributed by atoms with Gasteiger partial charge in [0.25, 0.3) is 10.0 Å². The molecule has 0 aromatic heterocycles. The van der Waals surface area contributed by atoms with Gasteiger partial charge in [-0.25, -0.2) is 13.1 Å². The molecule has 0 bridgehead atoms. The van der Waals surface area contributed by atoms with Crippen LogP contribution in [0.2, 0.25) is 0 Å². The topological polar surface area (TPSA) is 133 Å². The standard InChI is InChI=1S/C28H34N2O6S/c1-17(31)29-19-4-7-21(8-5-19)37(35,36)30-26(33)16-28(34)14-12-25-24-9-3-18-15-20(32)6-10-22(18)23(24)11-13-27(25,28)2/h4-8,10,15,23-25,32,34H,3,9,11-14,16H2,1-2H3,(H,29,31)(H,30,33)/t23-,24-,25+,27+,28-/m1/s1. The first-order valence-electron chi connectivity index (χ1n) is 12.9. The van der Waals surface area contributed by atoms with Crippen LogP contribution in [0.1, 0.15) is 69.4 Å². The predicted octanol–water partition coefficient (Wildman–Crippen LogP) is 3.83. The molecule has 0 saturated heterocycles. The average molecular weight is 527 g/mol. The van der Waals surface area contributed by atoms with Crippen molar-refractivity contribution < 1.29 is 28.2 Å². The number of rotatable bonds is 5. The number of aromatic hydroxyl groups is 1. The molecule has 9 heteroatoms. The quantitative estimate of drug-likeness (QED) is 0.468. The fourth-order valence-corrected chi connectivity index (χ4v) is 8.38. The number of carbonyl (C=O) groups excluding carboxylic acids is 2. The number of amides is 2. The van der Waals surface area contributed by atoms with E-state index in [2.05, 4.69) is 17.0 Å². The normalized spacial score (nSPS) is 30.5. The minimum atomic E-state index is -4.12. The number of carbonyl (C=O) groups is 2. The molecule has 37 heavy (non-hydrogen) atoms. The van der Waals surface area contributed by atoms with Crippen LogP contribution in [0.5, 0.6) is 5.75 Å². The second-order valence-corrected chi connectivity index (χ2v) is 12.9. The van der Waals surface area contributed by atoms with Crippen LogP contribution in [0.25, 0.3) is 0 Å². The summed E-state index contributed by atoms with van der Waals surface area (Å²) in [5, 5.41) is 24.3. The summed E-state index contributed by atoms with van der Waals surface area (Å²) in [6, 6.07) is 11.2. The van der Waals surface area contributed by atoms with E-state index < -0.39 is 26.9 Å². The Kier molecular flexibility index (Phi) is 6.35. The molecular weight excluding hydrogens is 492 g/mol. The summed E-state index contributed by atoms with van der Waals surface area (Å²) in [7, 11) is -4.12. The average Bonchev–Trinajstić information content (AvgIpc) is 3.08. The Balaban J connectivity index is 1.29. The van der Waals surface area contributed by atoms with E-state index in [4.69, 9.17) is 0 Å². The highest BCUT2D eigenvalue weighted by molar-refractivity contribution is 7.90. The summed E-state index contributed by atoms with van der Waals surface area (Å²) >= 11 is 0. The molecule has 2 fully saturated rings. The molecule has 2 aromatic rings. The second-order valence-electron chi connectivity index (χ2n) is 11.2. The van der Waals surface area contributed by atoms with Gasteiger partial charge in [-0.1, -0.05) is 13.0 Å². The highest BCUT2D eigenvalue weighted by atomic mass is 32.2. The zero-order valence-electron chi connectivity index (χ0n) is 21.2. The minimum Gasteiger partial charge on any atom is -0.508 e. The number of sulfonamides is 1. The predicted molar refractivity (Wildman–Crippen MR) is 138 cm³/mol. The van der Waals surface area contributed by atoms with Gasteiger partial charge in [-0.05, 0) is 109 Å². The van der Waals surface area contributed by atoms with E-state index in [-0.39, 0.29) is 28.9 Å². The fourth-order valence-electron chi connectivity index (χ4n) is 7.40. The maximum Gasteiger partial charge on any atom is 0.264 e. The molecule has 5 atom stereocenters. The molecule has 0 radical (unpaired) electrons. The molecule has 198 valence electrons. The highest BCUT2D eigenvalue weighted by Gasteiger charge is 2.62. The van der Waals surface area contributed by atoms with E-state index >= 15 is 0 Å². The van der Waals surface area contributed by atoms with Crippen molar-refractivity contribution in [2.75, 3.05) is 5.32 Å². The molecule has 2 saturated carbocycles. The van der Waals surface area contributed by atoms with Crippen molar-refractivity contribution in [3.63, 3.8) is 0 Å². The van der Waals surface area contributed by atoms with Gasteiger partial charge >= 0.3 is 0 Å². The van der Waals surface area contributed by atoms with Crippen molar-refractivity contribution in [2.24, 2.45) is 17.3 Å². The second kappa shape index (κ2) is 9.13. The Bertz CT molecular complexity index is 1340. The molecule has 0 heterocycles. The number of hydrogen-bond donors (Lipinski definition) is 4. The molecule has 2 amide bonds. The smallest absolute Gasteiger partial charge is 0.264 e. The van der Waals surface area contributed by atoms with Crippen LogP contribution >= 0.6 is 0 Å². The van der Waals surface area contributed by atoms with Crippen LogP contribution in [0, 0.1) is 17.3 Å². The fraction of sp³-hybridized carbons (Fsp3) is 0.500. The molecule has 2 aromatic carbocycles. The number of fused-ring (bicyclic) bond motifs is 5. The van der Waals surface area contributed by atoms with E-state index in [0.717, 1.165) is 32.1 Å². The van der Waals surface area contributed by atoms with E-state index in [0.29, 0.717) is 23.9 Å². The summed E-state index contributed by atoms with van der Waals surface area (Å²) in [5.41, 5.74) is 1.18. The van der Waals surface area contributed by atoms with E-state index in [1.54, 1.807) is 6.07 Å². The van der Waals surface area contributed by atoms with Gasteiger partial charge in [-0.15, -0.1) is 0 Å². The number of phenolic OH excluding ortho intramolecular Hbond substituents is 1. The van der Waals surface area contributed by atoms with Crippen molar-refractivity contribution in [3.8, 4) is 5.75 Å². The van der Waals surface area contributed by atoms with Crippen LogP contribution in [-0.4, -0.2) is 36.0 Å². The lowest BCUT2D eigenvalue weighted by atomic mass is 9.53. The van der Waals surface area contributed by atoms with Crippen molar-refractivity contribution in [3.05, 3.63) is 53.6 Å². The Morgan fingerprint density at radius 1 is 1.05 bits per heavy atom. The number of nitrogens with one attached hydrogen (secondary N) is 2. The van der Waals surface area contributed by atoms with Crippen molar-refractivity contribution >= 4 is 27.5 Å². The lowest BCUT2D eigenvalue weighted by molar-refractivity contribution is -0.138. The number of hydrogen-bond acceptors (Lipinski definition) is 6. The number of phenols is 1. The Hall–Kier alpha value is -2.91. The summed E-state index contributed by atoms with van der Waals surface area (Å²) in [5.74, 6) is 0.299. The number of aryl methyl sites for hydroxylation is 1. The van der Waals surface area contributed by atoms with E-state index in [9.17, 15) is 28.2 Å². The monoisotopic (exact) mass is 526 g/mol. The van der Waals surface area contributed by atoms with Crippen molar-refractivity contribution in [1.29, 1.82) is 0 Å². The van der Waals surface area contributed by atoms with Crippen molar-refractivity contribution in [2.45, 2.75) is 75.2 Å². The van der Waals surface area contributed by atoms with Gasteiger partial charge in [0, 0.05) is 12.6 Å². The molecule has 0 aliphatic heterocycles. The van der Waals surface area contributed by atoms with Gasteiger partial charge in [0.1, 0.15) is 5.75 Å². The summed E-state index contributed by atoms with van der Waals surface area (Å²) < 4.78 is 27.8. The third kappa shape index (κ3) is 4.52. The van der Waals surface area contributed by atoms with Gasteiger partial charge in [0.2, 0.25) is 11.8 Å². The van der Waals surface area contributed by atoms with Gasteiger partial charge in [-0.3, -0.25) is 9.59 Å². The van der Waals surface area contributed by atoms with Crippen LogP contribution in [-0.2, 0) is 26.0 Å². The first-order valence-corrected chi connectivity index (χ1v) is 14.4. The lowest BCUT2D eigenvalue weighted by Gasteiger charge is -2.53. The minimum absolute atomic E-state index is 0.0927. The number of benzene rings is 2.